The molecule has 0 aliphatic heterocycles. The molecule has 0 aromatic carbocycles. The Balaban J connectivity index is -0.0000000369. The van der Waals surface area contributed by atoms with Gasteiger partial charge in [0.2, 0.25) is 0 Å². The van der Waals surface area contributed by atoms with Crippen molar-refractivity contribution in [3.05, 3.63) is 0 Å². The van der Waals surface area contributed by atoms with E-state index in [4.69, 9.17) is 55.9 Å². The molecular formula is H4AuCl4O12+3. The second-order valence-electron chi connectivity index (χ2n) is 0.804. The van der Waals surface area contributed by atoms with E-state index < -0.39 is 43.1 Å². The molecule has 17 heavy (non-hydrogen) atoms. The van der Waals surface area contributed by atoms with Crippen molar-refractivity contribution < 1.29 is 121 Å². The van der Waals surface area contributed by atoms with Crippen molar-refractivity contribution in [2.75, 3.05) is 0 Å². The third-order valence-electron chi connectivity index (χ3n) is 0. The summed E-state index contributed by atoms with van der Waals surface area (Å²) in [6.07, 6.45) is 0. The van der Waals surface area contributed by atoms with Crippen LogP contribution < -0.4 is 37.3 Å². The van der Waals surface area contributed by atoms with E-state index in [-0.39, 0.29) is 22.4 Å². The van der Waals surface area contributed by atoms with E-state index in [0.717, 1.165) is 0 Å². The molecule has 0 aliphatic carbocycles. The van der Waals surface area contributed by atoms with E-state index >= 15 is 0 Å². The molecule has 0 aliphatic rings. The number of halogens is 4. The van der Waals surface area contributed by atoms with Gasteiger partial charge in [0.25, 0.3) is 43.1 Å². The molecule has 0 fully saturated rings. The third kappa shape index (κ3) is 2050. The second kappa shape index (κ2) is 26.1. The summed E-state index contributed by atoms with van der Waals surface area (Å²) in [6, 6.07) is 0. The maximum Gasteiger partial charge on any atom is 3.00 e. The summed E-state index contributed by atoms with van der Waals surface area (Å²) in [5.41, 5.74) is 0. The van der Waals surface area contributed by atoms with Gasteiger partial charge in [0, 0.05) is 18.6 Å². The van der Waals surface area contributed by atoms with E-state index in [9.17, 15) is 0 Å². The van der Waals surface area contributed by atoms with Crippen LogP contribution in [0, 0.1) is 43.1 Å². The van der Waals surface area contributed by atoms with Crippen molar-refractivity contribution in [3.8, 4) is 0 Å². The minimum atomic E-state index is -2.60. The SMILES string of the molecule is [Au+3].[O-][Cl+2]([O-])O.[O-][Cl+2]([O-])O.[O-][Cl+2]([O-])O.[O-][Cl+2]([O-])O. The Bertz CT molecular complexity index is 61.5. The van der Waals surface area contributed by atoms with Crippen LogP contribution in [0.1, 0.15) is 0 Å². The van der Waals surface area contributed by atoms with Gasteiger partial charge in [0.15, 0.2) is 0 Å². The van der Waals surface area contributed by atoms with Crippen molar-refractivity contribution in [1.82, 2.24) is 0 Å². The fourth-order valence-electron chi connectivity index (χ4n) is 0. The molecule has 17 heteroatoms. The molecule has 0 rings (SSSR count). The summed E-state index contributed by atoms with van der Waals surface area (Å²) < 4.78 is 95.9. The largest absolute Gasteiger partial charge is 3.00 e. The maximum atomic E-state index is 8.52. The van der Waals surface area contributed by atoms with Crippen LogP contribution in [0.5, 0.6) is 0 Å². The molecule has 0 atom stereocenters. The topological polar surface area (TPSA) is 265 Å². The van der Waals surface area contributed by atoms with Gasteiger partial charge >= 0.3 is 22.4 Å². The van der Waals surface area contributed by atoms with E-state index in [1.54, 1.807) is 0 Å². The van der Waals surface area contributed by atoms with Crippen molar-refractivity contribution in [2.45, 2.75) is 0 Å². The molecule has 0 saturated heterocycles. The van der Waals surface area contributed by atoms with Gasteiger partial charge < -0.3 is 37.3 Å². The predicted octanol–water partition coefficient (Wildman–Crippen LogP) is -11.7. The van der Waals surface area contributed by atoms with Crippen molar-refractivity contribution in [1.29, 1.82) is 0 Å². The smallest absolute Gasteiger partial charge is 0.321 e. The zero-order chi connectivity index (χ0) is 14.3. The Morgan fingerprint density at radius 3 is 0.412 bits per heavy atom. The van der Waals surface area contributed by atoms with Crippen molar-refractivity contribution in [2.24, 2.45) is 0 Å². The minimum Gasteiger partial charge on any atom is -0.321 e. The number of hydrogen-bond donors (Lipinski definition) is 4. The fraction of sp³-hybridized carbons (Fsp3) is 0. The minimum absolute atomic E-state index is 0. The van der Waals surface area contributed by atoms with Crippen LogP contribution in [-0.2, 0) is 22.4 Å². The molecule has 0 bridgehead atoms. The van der Waals surface area contributed by atoms with Gasteiger partial charge in [0.1, 0.15) is 0 Å². The molecule has 0 unspecified atom stereocenters. The van der Waals surface area contributed by atoms with Gasteiger partial charge in [0.05, 0.1) is 0 Å². The van der Waals surface area contributed by atoms with Crippen LogP contribution in [0.3, 0.4) is 0 Å². The molecule has 0 heterocycles. The van der Waals surface area contributed by atoms with Crippen LogP contribution in [0.15, 0.2) is 0 Å². The summed E-state index contributed by atoms with van der Waals surface area (Å²) >= 11 is 0. The summed E-state index contributed by atoms with van der Waals surface area (Å²) in [5.74, 6) is 0. The van der Waals surface area contributed by atoms with E-state index in [2.05, 4.69) is 0 Å². The molecule has 0 aromatic heterocycles. The van der Waals surface area contributed by atoms with E-state index in [1.165, 1.54) is 0 Å². The standard InChI is InChI=1S/Au.4ClHO3/c;4*2-1(3)4/h;4*2H/q+3;;;;. The molecule has 4 N–H and O–H groups in total. The Morgan fingerprint density at radius 2 is 0.412 bits per heavy atom. The van der Waals surface area contributed by atoms with E-state index in [1.807, 2.05) is 0 Å². The number of rotatable bonds is 0. The predicted molar refractivity (Wildman–Crippen MR) is 8.88 cm³/mol. The maximum absolute atomic E-state index is 8.52. The molecule has 0 aromatic rings. The summed E-state index contributed by atoms with van der Waals surface area (Å²) in [6.45, 7) is 0. The van der Waals surface area contributed by atoms with Crippen LogP contribution >= 0.6 is 0 Å². The Hall–Kier alpha value is 1.42. The normalized spacial score (nSPS) is 8.47. The van der Waals surface area contributed by atoms with Gasteiger partial charge in [-0.15, -0.1) is 0 Å². The molecule has 0 saturated carbocycles. The molecule has 0 spiro atoms. The van der Waals surface area contributed by atoms with Gasteiger partial charge in [-0.2, -0.15) is 0 Å². The fourth-order valence-corrected chi connectivity index (χ4v) is 0. The first-order chi connectivity index (χ1) is 6.93. The zero-order valence-corrected chi connectivity index (χ0v) is 12.1. The first-order valence-corrected chi connectivity index (χ1v) is 5.73. The van der Waals surface area contributed by atoms with Crippen LogP contribution in [0.2, 0.25) is 0 Å². The molecule has 12 nitrogen and oxygen atoms in total. The van der Waals surface area contributed by atoms with Gasteiger partial charge in [-0.3, -0.25) is 0 Å². The van der Waals surface area contributed by atoms with Crippen molar-refractivity contribution in [3.63, 3.8) is 0 Å². The van der Waals surface area contributed by atoms with Crippen LogP contribution in [0.25, 0.3) is 0 Å². The summed E-state index contributed by atoms with van der Waals surface area (Å²) in [4.78, 5) is 0. The van der Waals surface area contributed by atoms with Crippen LogP contribution in [0.4, 0.5) is 0 Å². The average molecular weight is 535 g/mol. The summed E-state index contributed by atoms with van der Waals surface area (Å²) in [7, 11) is -10.4. The van der Waals surface area contributed by atoms with Crippen LogP contribution in [-0.4, -0.2) is 18.6 Å². The van der Waals surface area contributed by atoms with Gasteiger partial charge in [-0.05, 0) is 0 Å². The monoisotopic (exact) mass is 533 g/mol. The van der Waals surface area contributed by atoms with Gasteiger partial charge in [-0.25, -0.2) is 0 Å². The quantitative estimate of drug-likeness (QED) is 0.211. The van der Waals surface area contributed by atoms with Gasteiger partial charge in [-0.1, -0.05) is 0 Å². The molecular weight excluding hydrogens is 531 g/mol. The molecule has 0 radical (unpaired) electrons. The molecule has 0 amide bonds. The Morgan fingerprint density at radius 1 is 0.412 bits per heavy atom. The third-order valence-corrected chi connectivity index (χ3v) is 0. The Kier molecular flexibility index (Phi) is 47.6. The average Bonchev–Trinajstić information content (AvgIpc) is 1.76. The Labute approximate surface area is 121 Å². The van der Waals surface area contributed by atoms with E-state index in [0.29, 0.717) is 0 Å². The molecule has 112 valence electrons. The second-order valence-corrected chi connectivity index (χ2v) is 2.41. The first-order valence-electron chi connectivity index (χ1n) is 1.91. The number of hydrogen-bond acceptors (Lipinski definition) is 12. The zero-order valence-electron chi connectivity index (χ0n) is 6.87. The van der Waals surface area contributed by atoms with Crippen molar-refractivity contribution >= 4 is 0 Å². The first kappa shape index (κ1) is 31.0. The summed E-state index contributed by atoms with van der Waals surface area (Å²) in [5, 5.41) is 0.